The van der Waals surface area contributed by atoms with Crippen molar-refractivity contribution in [2.45, 2.75) is 37.5 Å². The average molecular weight is 588 g/mol. The van der Waals surface area contributed by atoms with Crippen molar-refractivity contribution < 1.29 is 18.0 Å². The zero-order valence-corrected chi connectivity index (χ0v) is 23.0. The highest BCUT2D eigenvalue weighted by Gasteiger charge is 2.33. The molecule has 0 spiro atoms. The molecule has 0 aliphatic carbocycles. The first-order valence-corrected chi connectivity index (χ1v) is 14.3. The van der Waals surface area contributed by atoms with Crippen molar-refractivity contribution in [1.82, 2.24) is 19.7 Å². The molecule has 0 N–H and O–H groups in total. The fourth-order valence-corrected chi connectivity index (χ4v) is 7.31. The summed E-state index contributed by atoms with van der Waals surface area (Å²) in [6.07, 6.45) is -3.73. The Morgan fingerprint density at radius 3 is 2.64 bits per heavy atom. The molecule has 4 aromatic rings. The van der Waals surface area contributed by atoms with Crippen LogP contribution in [0.2, 0.25) is 5.02 Å². The Hall–Kier alpha value is -3.15. The average Bonchev–Trinajstić information content (AvgIpc) is 3.42. The first-order chi connectivity index (χ1) is 18.7. The molecule has 0 unspecified atom stereocenters. The molecule has 0 bridgehead atoms. The van der Waals surface area contributed by atoms with Gasteiger partial charge in [-0.15, -0.1) is 33.3 Å². The Labute approximate surface area is 235 Å². The van der Waals surface area contributed by atoms with Gasteiger partial charge in [-0.25, -0.2) is 0 Å². The lowest BCUT2D eigenvalue weighted by molar-refractivity contribution is -0.137. The molecule has 200 valence electrons. The van der Waals surface area contributed by atoms with Gasteiger partial charge in [-0.1, -0.05) is 29.8 Å². The van der Waals surface area contributed by atoms with Crippen LogP contribution in [0.15, 0.2) is 58.4 Å². The number of halogens is 4. The lowest BCUT2D eigenvalue weighted by atomic mass is 9.95. The van der Waals surface area contributed by atoms with Crippen molar-refractivity contribution in [2.24, 2.45) is 4.99 Å². The van der Waals surface area contributed by atoms with Gasteiger partial charge in [0, 0.05) is 32.5 Å². The normalized spacial score (nSPS) is 14.8. The van der Waals surface area contributed by atoms with Crippen molar-refractivity contribution in [1.29, 1.82) is 0 Å². The Kier molecular flexibility index (Phi) is 6.76. The monoisotopic (exact) mass is 587 g/mol. The molecule has 2 aliphatic heterocycles. The van der Waals surface area contributed by atoms with Gasteiger partial charge in [-0.2, -0.15) is 13.2 Å². The van der Waals surface area contributed by atoms with Crippen LogP contribution in [0, 0.1) is 6.92 Å². The van der Waals surface area contributed by atoms with E-state index in [1.54, 1.807) is 11.3 Å². The molecule has 1 amide bonds. The van der Waals surface area contributed by atoms with Crippen molar-refractivity contribution >= 4 is 46.3 Å². The highest BCUT2D eigenvalue weighted by Crippen LogP contribution is 2.40. The maximum Gasteiger partial charge on any atom is 0.416 e. The Morgan fingerprint density at radius 1 is 1.13 bits per heavy atom. The second-order valence-electron chi connectivity index (χ2n) is 9.20. The third-order valence-electron chi connectivity index (χ3n) is 6.77. The summed E-state index contributed by atoms with van der Waals surface area (Å²) in [4.78, 5) is 21.5. The van der Waals surface area contributed by atoms with Crippen LogP contribution in [-0.2, 0) is 30.5 Å². The number of amides is 1. The summed E-state index contributed by atoms with van der Waals surface area (Å²) in [6.45, 7) is 3.27. The van der Waals surface area contributed by atoms with Gasteiger partial charge in [0.05, 0.1) is 23.6 Å². The number of fused-ring (bicyclic) bond motifs is 5. The summed E-state index contributed by atoms with van der Waals surface area (Å²) in [5.41, 5.74) is 3.12. The number of thiophene rings is 1. The van der Waals surface area contributed by atoms with E-state index in [1.807, 2.05) is 40.7 Å². The maximum atomic E-state index is 13.1. The van der Waals surface area contributed by atoms with E-state index >= 15 is 0 Å². The van der Waals surface area contributed by atoms with Gasteiger partial charge >= 0.3 is 6.18 Å². The molecule has 6 nitrogen and oxygen atoms in total. The third kappa shape index (κ3) is 4.87. The van der Waals surface area contributed by atoms with Crippen molar-refractivity contribution in [2.75, 3.05) is 12.3 Å². The first kappa shape index (κ1) is 26.1. The minimum atomic E-state index is -4.38. The fraction of sp³-hybridized carbons (Fsp3) is 0.259. The van der Waals surface area contributed by atoms with E-state index in [0.717, 1.165) is 56.1 Å². The van der Waals surface area contributed by atoms with Crippen LogP contribution in [-0.4, -0.2) is 43.6 Å². The number of carbonyl (C=O) groups excluding carboxylic acids is 1. The Bertz CT molecular complexity index is 1610. The minimum Gasteiger partial charge on any atom is -0.336 e. The topological polar surface area (TPSA) is 63.4 Å². The van der Waals surface area contributed by atoms with Crippen molar-refractivity contribution in [3.63, 3.8) is 0 Å². The number of aryl methyl sites for hydroxylation is 1. The summed E-state index contributed by atoms with van der Waals surface area (Å²) < 4.78 is 40.6. The van der Waals surface area contributed by atoms with Crippen LogP contribution in [0.5, 0.6) is 0 Å². The zero-order valence-electron chi connectivity index (χ0n) is 20.6. The molecule has 2 aromatic heterocycles. The Balaban J connectivity index is 1.27. The van der Waals surface area contributed by atoms with Crippen molar-refractivity contribution in [3.05, 3.63) is 92.3 Å². The van der Waals surface area contributed by atoms with Gasteiger partial charge in [0.2, 0.25) is 5.91 Å². The quantitative estimate of drug-likeness (QED) is 0.262. The lowest BCUT2D eigenvalue weighted by Gasteiger charge is -2.27. The molecule has 0 saturated carbocycles. The zero-order chi connectivity index (χ0) is 27.3. The van der Waals surface area contributed by atoms with Crippen LogP contribution in [0.25, 0.3) is 5.00 Å². The number of hydrogen-bond donors (Lipinski definition) is 0. The minimum absolute atomic E-state index is 0.0599. The maximum absolute atomic E-state index is 13.1. The molecule has 12 heteroatoms. The van der Waals surface area contributed by atoms with Crippen molar-refractivity contribution in [3.8, 4) is 5.00 Å². The highest BCUT2D eigenvalue weighted by atomic mass is 35.5. The molecule has 0 saturated heterocycles. The molecule has 2 aromatic carbocycles. The fourth-order valence-electron chi connectivity index (χ4n) is 4.85. The second-order valence-corrected chi connectivity index (χ2v) is 11.7. The van der Waals surface area contributed by atoms with E-state index in [0.29, 0.717) is 36.0 Å². The van der Waals surface area contributed by atoms with Gasteiger partial charge in [0.1, 0.15) is 17.4 Å². The van der Waals surface area contributed by atoms with Gasteiger partial charge in [0.25, 0.3) is 0 Å². The molecule has 0 radical (unpaired) electrons. The second kappa shape index (κ2) is 10.1. The van der Waals surface area contributed by atoms with Gasteiger partial charge < -0.3 is 4.90 Å². The molecule has 6 rings (SSSR count). The van der Waals surface area contributed by atoms with E-state index in [9.17, 15) is 18.0 Å². The number of aromatic nitrogens is 3. The summed E-state index contributed by atoms with van der Waals surface area (Å²) in [6, 6.07) is 12.5. The Morgan fingerprint density at radius 2 is 1.90 bits per heavy atom. The van der Waals surface area contributed by atoms with Crippen LogP contribution < -0.4 is 0 Å². The van der Waals surface area contributed by atoms with E-state index in [1.165, 1.54) is 23.9 Å². The van der Waals surface area contributed by atoms with Crippen LogP contribution in [0.3, 0.4) is 0 Å². The smallest absolute Gasteiger partial charge is 0.336 e. The number of aliphatic imine (C=N–C) groups is 1. The van der Waals surface area contributed by atoms with E-state index in [2.05, 4.69) is 10.2 Å². The van der Waals surface area contributed by atoms with Gasteiger partial charge in [-0.3, -0.25) is 14.4 Å². The van der Waals surface area contributed by atoms with Crippen LogP contribution in [0.1, 0.15) is 38.8 Å². The predicted molar refractivity (Wildman–Crippen MR) is 146 cm³/mol. The summed E-state index contributed by atoms with van der Waals surface area (Å²) >= 11 is 9.45. The van der Waals surface area contributed by atoms with Gasteiger partial charge in [-0.05, 0) is 49.2 Å². The van der Waals surface area contributed by atoms with E-state index in [4.69, 9.17) is 16.6 Å². The van der Waals surface area contributed by atoms with Gasteiger partial charge in [0.15, 0.2) is 5.82 Å². The molecule has 39 heavy (non-hydrogen) atoms. The standard InChI is InChI=1S/C27H21ClF3N5OS2/c1-15-33-34-22-12-32-25(18-4-2-3-5-20(18)28)24-19-10-11-35(13-21(19)39-26(24)36(15)22)23(37)14-38-17-8-6-16(7-9-17)27(29,30)31/h2-9H,10-14H2,1H3. The van der Waals surface area contributed by atoms with E-state index in [-0.39, 0.29) is 11.7 Å². The number of alkyl halides is 3. The number of benzene rings is 2. The summed E-state index contributed by atoms with van der Waals surface area (Å²) in [5, 5.41) is 10.2. The predicted octanol–water partition coefficient (Wildman–Crippen LogP) is 6.34. The SMILES string of the molecule is Cc1nnc2n1-c1sc3c(c1C(c1ccccc1Cl)=NC2)CCN(C(=O)CSc1ccc(C(F)(F)F)cc1)C3. The number of thioether (sulfide) groups is 1. The van der Waals surface area contributed by atoms with Crippen LogP contribution >= 0.6 is 34.7 Å². The number of nitrogens with zero attached hydrogens (tertiary/aromatic N) is 5. The number of rotatable bonds is 4. The highest BCUT2D eigenvalue weighted by molar-refractivity contribution is 8.00. The summed E-state index contributed by atoms with van der Waals surface area (Å²) in [5.74, 6) is 1.60. The third-order valence-corrected chi connectivity index (χ3v) is 9.30. The molecule has 4 heterocycles. The molecular formula is C27H21ClF3N5OS2. The number of carbonyl (C=O) groups is 1. The summed E-state index contributed by atoms with van der Waals surface area (Å²) in [7, 11) is 0. The molecular weight excluding hydrogens is 567 g/mol. The number of hydrogen-bond acceptors (Lipinski definition) is 6. The lowest BCUT2D eigenvalue weighted by Crippen LogP contribution is -2.36. The van der Waals surface area contributed by atoms with Crippen LogP contribution in [0.4, 0.5) is 13.2 Å². The first-order valence-electron chi connectivity index (χ1n) is 12.1. The van der Waals surface area contributed by atoms with E-state index < -0.39 is 11.7 Å². The molecule has 0 fully saturated rings. The molecule has 2 aliphatic rings. The molecule has 0 atom stereocenters. The largest absolute Gasteiger partial charge is 0.416 e.